The first-order valence-corrected chi connectivity index (χ1v) is 11.3. The lowest BCUT2D eigenvalue weighted by molar-refractivity contribution is -0.121. The maximum atomic E-state index is 12.8. The van der Waals surface area contributed by atoms with E-state index >= 15 is 0 Å². The molecule has 0 saturated heterocycles. The molecule has 2 rings (SSSR count). The summed E-state index contributed by atoms with van der Waals surface area (Å²) in [6, 6.07) is 7.53. The Labute approximate surface area is 173 Å². The van der Waals surface area contributed by atoms with Gasteiger partial charge in [-0.15, -0.1) is 0 Å². The van der Waals surface area contributed by atoms with E-state index < -0.39 is 20.5 Å². The summed E-state index contributed by atoms with van der Waals surface area (Å²) >= 11 is 0. The molecule has 0 bridgehead atoms. The molecule has 1 aliphatic heterocycles. The van der Waals surface area contributed by atoms with Crippen LogP contribution in [0.1, 0.15) is 46.6 Å². The van der Waals surface area contributed by atoms with Gasteiger partial charge in [-0.25, -0.2) is 13.4 Å². The van der Waals surface area contributed by atoms with Crippen molar-refractivity contribution in [2.75, 3.05) is 19.4 Å². The van der Waals surface area contributed by atoms with Gasteiger partial charge in [-0.2, -0.15) is 0 Å². The third-order valence-electron chi connectivity index (χ3n) is 5.04. The van der Waals surface area contributed by atoms with Gasteiger partial charge in [0.15, 0.2) is 9.84 Å². The van der Waals surface area contributed by atoms with Gasteiger partial charge in [0.1, 0.15) is 10.5 Å². The van der Waals surface area contributed by atoms with Gasteiger partial charge in [-0.05, 0) is 68.5 Å². The van der Waals surface area contributed by atoms with Crippen LogP contribution in [-0.2, 0) is 14.6 Å². The number of benzene rings is 1. The van der Waals surface area contributed by atoms with E-state index in [9.17, 15) is 13.2 Å². The fourth-order valence-corrected chi connectivity index (χ4v) is 4.36. The lowest BCUT2D eigenvalue weighted by Crippen LogP contribution is -2.53. The second-order valence-electron chi connectivity index (χ2n) is 8.14. The third-order valence-corrected chi connectivity index (χ3v) is 7.56. The molecule has 7 nitrogen and oxygen atoms in total. The molecule has 0 unspecified atom stereocenters. The number of sulfone groups is 1. The Bertz CT molecular complexity index is 914. The van der Waals surface area contributed by atoms with Gasteiger partial charge in [-0.3, -0.25) is 10.1 Å². The lowest BCUT2D eigenvalue weighted by atomic mass is 10.1. The molecule has 0 fully saturated rings. The number of nitrogens with one attached hydrogen (secondary N) is 2. The van der Waals surface area contributed by atoms with Crippen molar-refractivity contribution in [3.63, 3.8) is 0 Å². The molecule has 0 atom stereocenters. The number of carbonyl (C=O) groups excluding carboxylic acids is 1. The normalized spacial score (nSPS) is 15.1. The Hall–Kier alpha value is -2.35. The summed E-state index contributed by atoms with van der Waals surface area (Å²) < 4.78 is 29.0. The number of hydrogen-bond donors (Lipinski definition) is 2. The molecule has 29 heavy (non-hydrogen) atoms. The van der Waals surface area contributed by atoms with E-state index in [1.807, 2.05) is 45.0 Å². The number of amides is 1. The van der Waals surface area contributed by atoms with Crippen LogP contribution in [0.15, 0.2) is 34.8 Å². The van der Waals surface area contributed by atoms with Crippen LogP contribution in [-0.4, -0.2) is 44.4 Å². The Morgan fingerprint density at radius 2 is 1.90 bits per heavy atom. The maximum absolute atomic E-state index is 12.8. The Morgan fingerprint density at radius 1 is 1.28 bits per heavy atom. The van der Waals surface area contributed by atoms with Crippen molar-refractivity contribution in [1.29, 1.82) is 0 Å². The van der Waals surface area contributed by atoms with Gasteiger partial charge >= 0.3 is 0 Å². The molecular formula is C21H31N3O4S. The van der Waals surface area contributed by atoms with Crippen LogP contribution in [0, 0.1) is 5.92 Å². The summed E-state index contributed by atoms with van der Waals surface area (Å²) in [7, 11) is -2.00. The summed E-state index contributed by atoms with van der Waals surface area (Å²) in [5, 5.41) is 5.78. The predicted octanol–water partition coefficient (Wildman–Crippen LogP) is 2.74. The topological polar surface area (TPSA) is 96.9 Å². The Kier molecular flexibility index (Phi) is 7.11. The van der Waals surface area contributed by atoms with Crippen LogP contribution in [0.2, 0.25) is 0 Å². The molecule has 0 spiro atoms. The van der Waals surface area contributed by atoms with Gasteiger partial charge in [0.05, 0.1) is 19.4 Å². The molecule has 1 aromatic rings. The van der Waals surface area contributed by atoms with Crippen LogP contribution >= 0.6 is 0 Å². The molecule has 0 radical (unpaired) electrons. The van der Waals surface area contributed by atoms with Crippen LogP contribution in [0.5, 0.6) is 5.75 Å². The number of methoxy groups -OCH3 is 1. The molecular weight excluding hydrogens is 390 g/mol. The highest BCUT2D eigenvalue weighted by Gasteiger charge is 2.41. The zero-order valence-corrected chi connectivity index (χ0v) is 18.8. The number of guanidine groups is 1. The highest BCUT2D eigenvalue weighted by molar-refractivity contribution is 7.93. The number of hydrogen-bond acceptors (Lipinski definition) is 6. The average molecular weight is 422 g/mol. The summed E-state index contributed by atoms with van der Waals surface area (Å²) in [4.78, 5) is 17.1. The van der Waals surface area contributed by atoms with Crippen LogP contribution in [0.4, 0.5) is 0 Å². The van der Waals surface area contributed by atoms with Crippen molar-refractivity contribution in [1.82, 2.24) is 10.6 Å². The van der Waals surface area contributed by atoms with Crippen molar-refractivity contribution in [2.24, 2.45) is 10.9 Å². The van der Waals surface area contributed by atoms with Crippen LogP contribution < -0.4 is 15.4 Å². The van der Waals surface area contributed by atoms with E-state index in [-0.39, 0.29) is 17.6 Å². The number of ether oxygens (including phenoxy) is 1. The average Bonchev–Trinajstić information content (AvgIpc) is 2.67. The van der Waals surface area contributed by atoms with E-state index in [1.54, 1.807) is 7.11 Å². The lowest BCUT2D eigenvalue weighted by Gasteiger charge is -2.27. The number of aliphatic imine (C=N–C) groups is 1. The zero-order valence-electron chi connectivity index (χ0n) is 18.0. The highest BCUT2D eigenvalue weighted by Crippen LogP contribution is 2.23. The molecule has 0 saturated carbocycles. The summed E-state index contributed by atoms with van der Waals surface area (Å²) in [5.74, 6) is 0.618. The van der Waals surface area contributed by atoms with Crippen molar-refractivity contribution in [2.45, 2.75) is 45.8 Å². The molecule has 8 heteroatoms. The summed E-state index contributed by atoms with van der Waals surface area (Å²) in [5.41, 5.74) is 2.77. The molecule has 1 aliphatic rings. The molecule has 0 aliphatic carbocycles. The minimum absolute atomic E-state index is 0.0267. The monoisotopic (exact) mass is 421 g/mol. The van der Waals surface area contributed by atoms with Gasteiger partial charge in [0, 0.05) is 5.70 Å². The minimum atomic E-state index is -3.61. The third kappa shape index (κ3) is 5.38. The van der Waals surface area contributed by atoms with E-state index in [1.165, 1.54) is 13.8 Å². The second-order valence-corrected chi connectivity index (χ2v) is 10.8. The van der Waals surface area contributed by atoms with Crippen molar-refractivity contribution >= 4 is 27.4 Å². The van der Waals surface area contributed by atoms with Gasteiger partial charge in [0.25, 0.3) is 0 Å². The molecule has 1 aromatic carbocycles. The summed E-state index contributed by atoms with van der Waals surface area (Å²) in [6.07, 6.45) is 0.516. The Morgan fingerprint density at radius 3 is 2.45 bits per heavy atom. The van der Waals surface area contributed by atoms with Crippen molar-refractivity contribution < 1.29 is 17.9 Å². The first-order valence-electron chi connectivity index (χ1n) is 9.67. The van der Waals surface area contributed by atoms with Gasteiger partial charge < -0.3 is 10.1 Å². The molecule has 0 aromatic heterocycles. The van der Waals surface area contributed by atoms with E-state index in [0.717, 1.165) is 22.6 Å². The highest BCUT2D eigenvalue weighted by atomic mass is 32.2. The quantitative estimate of drug-likeness (QED) is 0.706. The summed E-state index contributed by atoms with van der Waals surface area (Å²) in [6.45, 7) is 9.15. The van der Waals surface area contributed by atoms with Gasteiger partial charge in [0.2, 0.25) is 11.9 Å². The first kappa shape index (κ1) is 22.9. The first-order chi connectivity index (χ1) is 13.5. The fourth-order valence-electron chi connectivity index (χ4n) is 2.73. The van der Waals surface area contributed by atoms with Crippen molar-refractivity contribution in [3.05, 3.63) is 35.4 Å². The number of nitrogens with zero attached hydrogens (tertiary/aromatic N) is 1. The number of rotatable bonds is 7. The maximum Gasteiger partial charge on any atom is 0.247 e. The predicted molar refractivity (Wildman–Crippen MR) is 116 cm³/mol. The van der Waals surface area contributed by atoms with E-state index in [4.69, 9.17) is 4.74 Å². The Balaban J connectivity index is 2.12. The second kappa shape index (κ2) is 8.98. The minimum Gasteiger partial charge on any atom is -0.497 e. The van der Waals surface area contributed by atoms with E-state index in [0.29, 0.717) is 13.0 Å². The zero-order chi connectivity index (χ0) is 21.8. The van der Waals surface area contributed by atoms with Crippen LogP contribution in [0.3, 0.4) is 0 Å². The van der Waals surface area contributed by atoms with Crippen LogP contribution in [0.25, 0.3) is 5.70 Å². The number of carbonyl (C=O) groups is 1. The molecule has 1 heterocycles. The van der Waals surface area contributed by atoms with Crippen molar-refractivity contribution in [3.8, 4) is 5.75 Å². The van der Waals surface area contributed by atoms with Gasteiger partial charge in [-0.1, -0.05) is 13.8 Å². The molecule has 1 amide bonds. The largest absolute Gasteiger partial charge is 0.497 e. The fraction of sp³-hybridized carbons (Fsp3) is 0.524. The smallest absolute Gasteiger partial charge is 0.247 e. The SMILES string of the molecule is COc1ccc(C2=C(C)CN=C(NC(=O)C(C)(C)S(=O)(=O)CCC(C)C)N2)cc1. The standard InChI is InChI=1S/C21H31N3O4S/c1-14(2)11-12-29(26,27)21(4,5)19(25)24-20-22-13-15(3)18(23-20)16-7-9-17(28-6)10-8-16/h7-10,14H,11-13H2,1-6H3,(H2,22,23,24,25). The molecule has 160 valence electrons. The van der Waals surface area contributed by atoms with E-state index in [2.05, 4.69) is 15.6 Å². The molecule has 2 N–H and O–H groups in total.